The number of nitrogens with zero attached hydrogens (tertiary/aromatic N) is 2. The number of rotatable bonds is 1. The number of carbonyl (C=O) groups is 1. The van der Waals surface area contributed by atoms with Gasteiger partial charge in [-0.25, -0.2) is 4.98 Å². The average molecular weight is 277 g/mol. The molecule has 0 atom stereocenters. The van der Waals surface area contributed by atoms with Gasteiger partial charge in [0.25, 0.3) is 5.91 Å². The highest BCUT2D eigenvalue weighted by Gasteiger charge is 2.17. The number of nitrogen functional groups attached to an aromatic ring is 1. The van der Waals surface area contributed by atoms with Crippen molar-refractivity contribution in [1.29, 1.82) is 0 Å². The minimum absolute atomic E-state index is 0.265. The quantitative estimate of drug-likeness (QED) is 0.543. The SMILES string of the molecule is Nc1cccc2c1ncn2C(=O)c1cc2ccccc2o1. The lowest BCUT2D eigenvalue weighted by atomic mass is 10.2. The third-order valence-corrected chi connectivity index (χ3v) is 3.46. The molecule has 0 amide bonds. The van der Waals surface area contributed by atoms with Crippen LogP contribution in [-0.2, 0) is 0 Å². The summed E-state index contributed by atoms with van der Waals surface area (Å²) in [5.74, 6) is 0.0113. The van der Waals surface area contributed by atoms with E-state index in [1.807, 2.05) is 24.3 Å². The number of anilines is 1. The van der Waals surface area contributed by atoms with Crippen LogP contribution in [0.4, 0.5) is 5.69 Å². The molecule has 0 fully saturated rings. The van der Waals surface area contributed by atoms with Gasteiger partial charge < -0.3 is 10.2 Å². The molecule has 4 rings (SSSR count). The summed E-state index contributed by atoms with van der Waals surface area (Å²) in [7, 11) is 0. The van der Waals surface area contributed by atoms with E-state index in [-0.39, 0.29) is 11.7 Å². The van der Waals surface area contributed by atoms with Crippen LogP contribution in [-0.4, -0.2) is 15.5 Å². The lowest BCUT2D eigenvalue weighted by Gasteiger charge is -2.00. The molecule has 2 aromatic carbocycles. The molecule has 5 nitrogen and oxygen atoms in total. The van der Waals surface area contributed by atoms with Crippen LogP contribution >= 0.6 is 0 Å². The van der Waals surface area contributed by atoms with Gasteiger partial charge in [0, 0.05) is 5.39 Å². The smallest absolute Gasteiger partial charge is 0.299 e. The Morgan fingerprint density at radius 2 is 2.00 bits per heavy atom. The predicted octanol–water partition coefficient (Wildman–Crippen LogP) is 3.05. The van der Waals surface area contributed by atoms with E-state index in [0.29, 0.717) is 22.3 Å². The van der Waals surface area contributed by atoms with Crippen molar-refractivity contribution in [3.05, 3.63) is 60.6 Å². The largest absolute Gasteiger partial charge is 0.451 e. The molecule has 0 aliphatic heterocycles. The molecule has 5 heteroatoms. The van der Waals surface area contributed by atoms with Crippen molar-refractivity contribution in [2.45, 2.75) is 0 Å². The first-order valence-corrected chi connectivity index (χ1v) is 6.49. The monoisotopic (exact) mass is 277 g/mol. The highest BCUT2D eigenvalue weighted by molar-refractivity contribution is 6.03. The number of para-hydroxylation sites is 2. The van der Waals surface area contributed by atoms with E-state index < -0.39 is 0 Å². The Bertz CT molecular complexity index is 948. The fraction of sp³-hybridized carbons (Fsp3) is 0. The van der Waals surface area contributed by atoms with Crippen LogP contribution in [0.5, 0.6) is 0 Å². The van der Waals surface area contributed by atoms with Gasteiger partial charge in [0.15, 0.2) is 5.76 Å². The summed E-state index contributed by atoms with van der Waals surface area (Å²) in [6, 6.07) is 14.6. The van der Waals surface area contributed by atoms with E-state index in [1.54, 1.807) is 24.3 Å². The molecule has 0 bridgehead atoms. The molecule has 0 saturated carbocycles. The van der Waals surface area contributed by atoms with Crippen LogP contribution < -0.4 is 5.73 Å². The number of hydrogen-bond acceptors (Lipinski definition) is 4. The molecular weight excluding hydrogens is 266 g/mol. The van der Waals surface area contributed by atoms with Gasteiger partial charge in [-0.2, -0.15) is 0 Å². The molecule has 4 aromatic rings. The molecular formula is C16H11N3O2. The molecule has 2 aromatic heterocycles. The standard InChI is InChI=1S/C16H11N3O2/c17-11-5-3-6-12-15(11)18-9-19(12)16(20)14-8-10-4-1-2-7-13(10)21-14/h1-9H,17H2. The maximum absolute atomic E-state index is 12.6. The van der Waals surface area contributed by atoms with E-state index in [1.165, 1.54) is 10.9 Å². The Hall–Kier alpha value is -3.08. The van der Waals surface area contributed by atoms with Crippen LogP contribution in [0, 0.1) is 0 Å². The number of aromatic nitrogens is 2. The minimum Gasteiger partial charge on any atom is -0.451 e. The van der Waals surface area contributed by atoms with Gasteiger partial charge in [0.1, 0.15) is 17.4 Å². The van der Waals surface area contributed by atoms with Gasteiger partial charge in [-0.15, -0.1) is 0 Å². The lowest BCUT2D eigenvalue weighted by Crippen LogP contribution is -2.09. The summed E-state index contributed by atoms with van der Waals surface area (Å²) in [6.45, 7) is 0. The second-order valence-corrected chi connectivity index (χ2v) is 4.78. The summed E-state index contributed by atoms with van der Waals surface area (Å²) in [6.07, 6.45) is 1.47. The minimum atomic E-state index is -0.265. The summed E-state index contributed by atoms with van der Waals surface area (Å²) in [5, 5.41) is 0.893. The van der Waals surface area contributed by atoms with Crippen LogP contribution in [0.2, 0.25) is 0 Å². The molecule has 102 valence electrons. The lowest BCUT2D eigenvalue weighted by molar-refractivity contribution is 0.0939. The fourth-order valence-electron chi connectivity index (χ4n) is 2.43. The number of furan rings is 1. The third-order valence-electron chi connectivity index (χ3n) is 3.46. The van der Waals surface area contributed by atoms with Crippen molar-refractivity contribution in [2.75, 3.05) is 5.73 Å². The Morgan fingerprint density at radius 1 is 1.14 bits per heavy atom. The van der Waals surface area contributed by atoms with Gasteiger partial charge in [0.2, 0.25) is 0 Å². The zero-order valence-corrected chi connectivity index (χ0v) is 11.0. The molecule has 2 N–H and O–H groups in total. The molecule has 0 aliphatic rings. The molecule has 0 aliphatic carbocycles. The maximum atomic E-state index is 12.6. The van der Waals surface area contributed by atoms with Gasteiger partial charge in [-0.05, 0) is 24.3 Å². The maximum Gasteiger partial charge on any atom is 0.299 e. The summed E-state index contributed by atoms with van der Waals surface area (Å²) >= 11 is 0. The molecule has 21 heavy (non-hydrogen) atoms. The van der Waals surface area contributed by atoms with Crippen LogP contribution in [0.25, 0.3) is 22.0 Å². The topological polar surface area (TPSA) is 74.0 Å². The highest BCUT2D eigenvalue weighted by atomic mass is 16.3. The van der Waals surface area contributed by atoms with Crippen LogP contribution in [0.1, 0.15) is 10.6 Å². The number of hydrogen-bond donors (Lipinski definition) is 1. The van der Waals surface area contributed by atoms with E-state index in [9.17, 15) is 4.79 Å². The first-order valence-electron chi connectivity index (χ1n) is 6.49. The Balaban J connectivity index is 1.88. The first-order chi connectivity index (χ1) is 10.2. The van der Waals surface area contributed by atoms with Crippen molar-refractivity contribution in [2.24, 2.45) is 0 Å². The summed E-state index contributed by atoms with van der Waals surface area (Å²) in [5.41, 5.74) is 8.37. The Kier molecular flexibility index (Phi) is 2.35. The number of benzene rings is 2. The predicted molar refractivity (Wildman–Crippen MR) is 80.1 cm³/mol. The summed E-state index contributed by atoms with van der Waals surface area (Å²) in [4.78, 5) is 16.8. The molecule has 0 radical (unpaired) electrons. The van der Waals surface area contributed by atoms with Gasteiger partial charge >= 0.3 is 0 Å². The number of imidazole rings is 1. The van der Waals surface area contributed by atoms with Gasteiger partial charge in [-0.3, -0.25) is 9.36 Å². The molecule has 2 heterocycles. The van der Waals surface area contributed by atoms with Crippen molar-refractivity contribution >= 4 is 33.6 Å². The molecule has 0 spiro atoms. The summed E-state index contributed by atoms with van der Waals surface area (Å²) < 4.78 is 7.05. The number of fused-ring (bicyclic) bond motifs is 2. The van der Waals surface area contributed by atoms with E-state index in [4.69, 9.17) is 10.2 Å². The molecule has 0 unspecified atom stereocenters. The van der Waals surface area contributed by atoms with E-state index in [0.717, 1.165) is 5.39 Å². The zero-order chi connectivity index (χ0) is 14.4. The van der Waals surface area contributed by atoms with Crippen molar-refractivity contribution < 1.29 is 9.21 Å². The normalized spacial score (nSPS) is 11.2. The third kappa shape index (κ3) is 1.71. The van der Waals surface area contributed by atoms with Crippen LogP contribution in [0.15, 0.2) is 59.3 Å². The van der Waals surface area contributed by atoms with E-state index in [2.05, 4.69) is 4.98 Å². The number of carbonyl (C=O) groups excluding carboxylic acids is 1. The first kappa shape index (κ1) is 11.7. The van der Waals surface area contributed by atoms with Crippen molar-refractivity contribution in [3.8, 4) is 0 Å². The second kappa shape index (κ2) is 4.21. The van der Waals surface area contributed by atoms with Gasteiger partial charge in [0.05, 0.1) is 11.2 Å². The second-order valence-electron chi connectivity index (χ2n) is 4.78. The fourth-order valence-corrected chi connectivity index (χ4v) is 2.43. The zero-order valence-electron chi connectivity index (χ0n) is 11.0. The highest BCUT2D eigenvalue weighted by Crippen LogP contribution is 2.23. The Morgan fingerprint density at radius 3 is 2.86 bits per heavy atom. The molecule has 0 saturated heterocycles. The van der Waals surface area contributed by atoms with Crippen molar-refractivity contribution in [1.82, 2.24) is 9.55 Å². The van der Waals surface area contributed by atoms with Crippen molar-refractivity contribution in [3.63, 3.8) is 0 Å². The van der Waals surface area contributed by atoms with Gasteiger partial charge in [-0.1, -0.05) is 24.3 Å². The average Bonchev–Trinajstić information content (AvgIpc) is 3.11. The van der Waals surface area contributed by atoms with Crippen LogP contribution in [0.3, 0.4) is 0 Å². The van der Waals surface area contributed by atoms with E-state index >= 15 is 0 Å². The Labute approximate surface area is 119 Å². The number of nitrogens with two attached hydrogens (primary N) is 1.